The average molecular weight is 329 g/mol. The van der Waals surface area contributed by atoms with Crippen LogP contribution in [0.25, 0.3) is 0 Å². The van der Waals surface area contributed by atoms with Crippen molar-refractivity contribution < 1.29 is 14.7 Å². The summed E-state index contributed by atoms with van der Waals surface area (Å²) in [6, 6.07) is 10.2. The number of rotatable bonds is 5. The van der Waals surface area contributed by atoms with Crippen molar-refractivity contribution in [1.82, 2.24) is 4.90 Å². The van der Waals surface area contributed by atoms with Crippen LogP contribution >= 0.6 is 0 Å². The van der Waals surface area contributed by atoms with Crippen molar-refractivity contribution in [2.45, 2.75) is 45.4 Å². The molecule has 0 radical (unpaired) electrons. The maximum Gasteiger partial charge on any atom is 0.311 e. The molecule has 3 atom stereocenters. The number of carboxylic acids is 1. The van der Waals surface area contributed by atoms with Crippen molar-refractivity contribution in [3.63, 3.8) is 0 Å². The van der Waals surface area contributed by atoms with Gasteiger partial charge in [-0.15, -0.1) is 0 Å². The smallest absolute Gasteiger partial charge is 0.311 e. The van der Waals surface area contributed by atoms with Crippen LogP contribution in [0.3, 0.4) is 0 Å². The van der Waals surface area contributed by atoms with Gasteiger partial charge in [0, 0.05) is 19.5 Å². The highest BCUT2D eigenvalue weighted by Gasteiger charge is 2.55. The number of hydrogen-bond acceptors (Lipinski definition) is 2. The number of fused-ring (bicyclic) bond motifs is 1. The van der Waals surface area contributed by atoms with Crippen molar-refractivity contribution in [3.05, 3.63) is 35.9 Å². The fourth-order valence-electron chi connectivity index (χ4n) is 4.58. The van der Waals surface area contributed by atoms with E-state index in [-0.39, 0.29) is 17.7 Å². The molecule has 1 saturated carbocycles. The third-order valence-corrected chi connectivity index (χ3v) is 6.08. The van der Waals surface area contributed by atoms with Crippen LogP contribution in [0.2, 0.25) is 0 Å². The lowest BCUT2D eigenvalue weighted by Crippen LogP contribution is -2.37. The third-order valence-electron chi connectivity index (χ3n) is 6.08. The Bertz CT molecular complexity index is 613. The lowest BCUT2D eigenvalue weighted by atomic mass is 9.81. The van der Waals surface area contributed by atoms with Gasteiger partial charge < -0.3 is 10.0 Å². The molecule has 1 heterocycles. The monoisotopic (exact) mass is 329 g/mol. The van der Waals surface area contributed by atoms with E-state index in [1.54, 1.807) is 0 Å². The van der Waals surface area contributed by atoms with E-state index in [0.29, 0.717) is 31.8 Å². The third kappa shape index (κ3) is 2.94. The van der Waals surface area contributed by atoms with Gasteiger partial charge in [-0.25, -0.2) is 0 Å². The van der Waals surface area contributed by atoms with Crippen LogP contribution in [0.5, 0.6) is 0 Å². The Balaban J connectivity index is 1.72. The highest BCUT2D eigenvalue weighted by molar-refractivity contribution is 5.82. The molecule has 4 nitrogen and oxygen atoms in total. The van der Waals surface area contributed by atoms with Gasteiger partial charge in [-0.05, 0) is 36.2 Å². The van der Waals surface area contributed by atoms with Gasteiger partial charge in [-0.1, -0.05) is 50.6 Å². The fourth-order valence-corrected chi connectivity index (χ4v) is 4.58. The molecule has 2 fully saturated rings. The molecule has 1 aromatic rings. The zero-order valence-corrected chi connectivity index (χ0v) is 14.6. The molecule has 1 aromatic carbocycles. The summed E-state index contributed by atoms with van der Waals surface area (Å²) >= 11 is 0. The molecule has 1 aliphatic carbocycles. The Kier molecular flexibility index (Phi) is 4.66. The molecule has 1 N–H and O–H groups in total. The van der Waals surface area contributed by atoms with Crippen LogP contribution < -0.4 is 0 Å². The largest absolute Gasteiger partial charge is 0.481 e. The Morgan fingerprint density at radius 1 is 1.29 bits per heavy atom. The molecule has 1 saturated heterocycles. The summed E-state index contributed by atoms with van der Waals surface area (Å²) in [7, 11) is 0. The van der Waals surface area contributed by atoms with Crippen molar-refractivity contribution in [2.75, 3.05) is 13.1 Å². The van der Waals surface area contributed by atoms with E-state index in [1.807, 2.05) is 23.1 Å². The Hall–Kier alpha value is -1.84. The van der Waals surface area contributed by atoms with Crippen LogP contribution in [0, 0.1) is 17.3 Å². The molecular weight excluding hydrogens is 302 g/mol. The first kappa shape index (κ1) is 17.0. The minimum Gasteiger partial charge on any atom is -0.481 e. The molecule has 0 bridgehead atoms. The summed E-state index contributed by atoms with van der Waals surface area (Å²) in [5, 5.41) is 9.68. The Morgan fingerprint density at radius 3 is 2.58 bits per heavy atom. The Labute approximate surface area is 143 Å². The first-order valence-corrected chi connectivity index (χ1v) is 9.00. The lowest BCUT2D eigenvalue weighted by molar-refractivity contribution is -0.149. The van der Waals surface area contributed by atoms with E-state index < -0.39 is 11.4 Å². The second kappa shape index (κ2) is 6.58. The maximum atomic E-state index is 12.9. The summed E-state index contributed by atoms with van der Waals surface area (Å²) in [6.07, 6.45) is 3.08. The van der Waals surface area contributed by atoms with Crippen LogP contribution in [0.1, 0.15) is 51.0 Å². The molecule has 130 valence electrons. The van der Waals surface area contributed by atoms with E-state index in [0.717, 1.165) is 12.8 Å². The van der Waals surface area contributed by atoms with Crippen molar-refractivity contribution >= 4 is 11.9 Å². The number of carboxylic acid groups (broad SMARTS) is 1. The number of aliphatic carboxylic acids is 1. The molecule has 0 spiro atoms. The first-order chi connectivity index (χ1) is 11.4. The molecule has 0 aromatic heterocycles. The summed E-state index contributed by atoms with van der Waals surface area (Å²) in [5.74, 6) is 0.0660. The summed E-state index contributed by atoms with van der Waals surface area (Å²) in [5.41, 5.74) is 0.503. The van der Waals surface area contributed by atoms with Crippen LogP contribution in [0.4, 0.5) is 0 Å². The number of carbonyl (C=O) groups excluding carboxylic acids is 1. The van der Waals surface area contributed by atoms with Gasteiger partial charge in [-0.2, -0.15) is 0 Å². The highest BCUT2D eigenvalue weighted by Crippen LogP contribution is 2.49. The molecular formula is C20H27NO3. The van der Waals surface area contributed by atoms with Crippen molar-refractivity contribution in [3.8, 4) is 0 Å². The number of carbonyl (C=O) groups is 2. The maximum absolute atomic E-state index is 12.9. The SMILES string of the molecule is CC(C)C(CC(=O)N1C[C@@H]2CCC[C@@]2(C(=O)O)C1)c1ccccc1. The molecule has 4 heteroatoms. The van der Waals surface area contributed by atoms with Crippen LogP contribution in [0.15, 0.2) is 30.3 Å². The summed E-state index contributed by atoms with van der Waals surface area (Å²) in [6.45, 7) is 5.29. The molecule has 1 aliphatic heterocycles. The number of likely N-dealkylation sites (tertiary alicyclic amines) is 1. The van der Waals surface area contributed by atoms with Gasteiger partial charge in [0.05, 0.1) is 5.41 Å². The molecule has 1 amide bonds. The van der Waals surface area contributed by atoms with Gasteiger partial charge in [0.1, 0.15) is 0 Å². The van der Waals surface area contributed by atoms with E-state index in [4.69, 9.17) is 0 Å². The predicted molar refractivity (Wildman–Crippen MR) is 92.6 cm³/mol. The van der Waals surface area contributed by atoms with Crippen LogP contribution in [-0.2, 0) is 9.59 Å². The minimum absolute atomic E-state index is 0.104. The fraction of sp³-hybridized carbons (Fsp3) is 0.600. The molecule has 3 rings (SSSR count). The topological polar surface area (TPSA) is 57.6 Å². The van der Waals surface area contributed by atoms with E-state index in [9.17, 15) is 14.7 Å². The molecule has 1 unspecified atom stereocenters. The number of benzene rings is 1. The van der Waals surface area contributed by atoms with E-state index in [1.165, 1.54) is 5.56 Å². The van der Waals surface area contributed by atoms with Gasteiger partial charge in [0.25, 0.3) is 0 Å². The number of hydrogen-bond donors (Lipinski definition) is 1. The zero-order valence-electron chi connectivity index (χ0n) is 14.6. The van der Waals surface area contributed by atoms with Gasteiger partial charge in [-0.3, -0.25) is 9.59 Å². The first-order valence-electron chi connectivity index (χ1n) is 9.00. The summed E-state index contributed by atoms with van der Waals surface area (Å²) in [4.78, 5) is 26.5. The second-order valence-corrected chi connectivity index (χ2v) is 7.79. The van der Waals surface area contributed by atoms with Gasteiger partial charge in [0.15, 0.2) is 0 Å². The van der Waals surface area contributed by atoms with Crippen LogP contribution in [-0.4, -0.2) is 35.0 Å². The molecule has 24 heavy (non-hydrogen) atoms. The standard InChI is InChI=1S/C20H27NO3/c1-14(2)17(15-7-4-3-5-8-15)11-18(22)21-12-16-9-6-10-20(16,13-21)19(23)24/h3-5,7-8,14,16-17H,6,9-13H2,1-2H3,(H,23,24)/t16-,17?,20+/m0/s1. The second-order valence-electron chi connectivity index (χ2n) is 7.79. The quantitative estimate of drug-likeness (QED) is 0.899. The number of amides is 1. The normalized spacial score (nSPS) is 27.3. The summed E-state index contributed by atoms with van der Waals surface area (Å²) < 4.78 is 0. The van der Waals surface area contributed by atoms with Crippen molar-refractivity contribution in [2.24, 2.45) is 17.3 Å². The average Bonchev–Trinajstić information content (AvgIpc) is 3.11. The van der Waals surface area contributed by atoms with Gasteiger partial charge >= 0.3 is 5.97 Å². The lowest BCUT2D eigenvalue weighted by Gasteiger charge is -2.26. The zero-order chi connectivity index (χ0) is 17.3. The highest BCUT2D eigenvalue weighted by atomic mass is 16.4. The molecule has 2 aliphatic rings. The number of nitrogens with zero attached hydrogens (tertiary/aromatic N) is 1. The van der Waals surface area contributed by atoms with Crippen molar-refractivity contribution in [1.29, 1.82) is 0 Å². The minimum atomic E-state index is -0.719. The van der Waals surface area contributed by atoms with Gasteiger partial charge in [0.2, 0.25) is 5.91 Å². The van der Waals surface area contributed by atoms with E-state index in [2.05, 4.69) is 26.0 Å². The Morgan fingerprint density at radius 2 is 2.00 bits per heavy atom. The predicted octanol–water partition coefficient (Wildman–Crippen LogP) is 3.53. The van der Waals surface area contributed by atoms with E-state index >= 15 is 0 Å².